The van der Waals surface area contributed by atoms with Crippen molar-refractivity contribution in [3.8, 4) is 0 Å². The summed E-state index contributed by atoms with van der Waals surface area (Å²) in [6.45, 7) is 2.48. The van der Waals surface area contributed by atoms with E-state index in [0.717, 1.165) is 12.8 Å². The van der Waals surface area contributed by atoms with Gasteiger partial charge in [-0.25, -0.2) is 0 Å². The van der Waals surface area contributed by atoms with Gasteiger partial charge < -0.3 is 10.5 Å². The minimum atomic E-state index is -0.403. The smallest absolute Gasteiger partial charge is 0.322 e. The molecular weight excluding hydrogens is 190 g/mol. The highest BCUT2D eigenvalue weighted by atomic mass is 16.5. The molecule has 3 nitrogen and oxygen atoms in total. The second kappa shape index (κ2) is 6.83. The zero-order valence-electron chi connectivity index (χ0n) is 9.71. The van der Waals surface area contributed by atoms with Gasteiger partial charge in [0.25, 0.3) is 0 Å². The van der Waals surface area contributed by atoms with E-state index in [9.17, 15) is 4.79 Å². The molecule has 1 atom stereocenters. The Balaban J connectivity index is 2.20. The maximum absolute atomic E-state index is 11.4. The van der Waals surface area contributed by atoms with Gasteiger partial charge in [0.15, 0.2) is 0 Å². The zero-order chi connectivity index (χ0) is 11.1. The molecule has 0 saturated heterocycles. The molecule has 1 aliphatic carbocycles. The maximum Gasteiger partial charge on any atom is 0.322 e. The Morgan fingerprint density at radius 3 is 2.67 bits per heavy atom. The summed E-state index contributed by atoms with van der Waals surface area (Å²) in [6.07, 6.45) is 8.06. The van der Waals surface area contributed by atoms with E-state index in [-0.39, 0.29) is 5.97 Å². The van der Waals surface area contributed by atoms with Gasteiger partial charge in [-0.3, -0.25) is 4.79 Å². The normalized spacial score (nSPS) is 19.9. The molecule has 1 rings (SSSR count). The van der Waals surface area contributed by atoms with Crippen LogP contribution in [0, 0.1) is 5.92 Å². The predicted octanol–water partition coefficient (Wildman–Crippen LogP) is 2.24. The zero-order valence-corrected chi connectivity index (χ0v) is 9.71. The molecule has 0 aromatic rings. The van der Waals surface area contributed by atoms with E-state index in [1.807, 2.05) is 6.92 Å². The lowest BCUT2D eigenvalue weighted by Gasteiger charge is -2.23. The average Bonchev–Trinajstić information content (AvgIpc) is 2.27. The van der Waals surface area contributed by atoms with Crippen LogP contribution in [0.15, 0.2) is 0 Å². The Morgan fingerprint density at radius 2 is 2.07 bits per heavy atom. The molecule has 1 aliphatic rings. The second-order valence-corrected chi connectivity index (χ2v) is 4.51. The van der Waals surface area contributed by atoms with Crippen molar-refractivity contribution in [2.45, 2.75) is 57.9 Å². The first-order valence-corrected chi connectivity index (χ1v) is 6.16. The van der Waals surface area contributed by atoms with E-state index >= 15 is 0 Å². The third-order valence-electron chi connectivity index (χ3n) is 3.06. The molecule has 1 fully saturated rings. The minimum absolute atomic E-state index is 0.220. The summed E-state index contributed by atoms with van der Waals surface area (Å²) in [5.74, 6) is 0.422. The van der Waals surface area contributed by atoms with Gasteiger partial charge in [0.2, 0.25) is 0 Å². The summed E-state index contributed by atoms with van der Waals surface area (Å²) in [7, 11) is 0. The van der Waals surface area contributed by atoms with E-state index in [4.69, 9.17) is 10.5 Å². The number of nitrogens with two attached hydrogens (primary N) is 1. The molecule has 0 radical (unpaired) electrons. The summed E-state index contributed by atoms with van der Waals surface area (Å²) in [5, 5.41) is 0. The molecule has 0 amide bonds. The lowest BCUT2D eigenvalue weighted by Crippen LogP contribution is -2.34. The molecule has 0 unspecified atom stereocenters. The number of carbonyl (C=O) groups is 1. The Hall–Kier alpha value is -0.570. The first-order valence-electron chi connectivity index (χ1n) is 6.16. The Kier molecular flexibility index (Phi) is 5.69. The Morgan fingerprint density at radius 1 is 1.40 bits per heavy atom. The van der Waals surface area contributed by atoms with Crippen molar-refractivity contribution in [1.29, 1.82) is 0 Å². The van der Waals surface area contributed by atoms with Crippen LogP contribution in [0.5, 0.6) is 0 Å². The Labute approximate surface area is 92.4 Å². The summed E-state index contributed by atoms with van der Waals surface area (Å²) >= 11 is 0. The number of hydrogen-bond donors (Lipinski definition) is 1. The molecule has 15 heavy (non-hydrogen) atoms. The summed E-state index contributed by atoms with van der Waals surface area (Å²) < 4.78 is 5.03. The number of rotatable bonds is 5. The number of carbonyl (C=O) groups excluding carboxylic acids is 1. The third-order valence-corrected chi connectivity index (χ3v) is 3.06. The van der Waals surface area contributed by atoms with Gasteiger partial charge in [-0.15, -0.1) is 0 Å². The number of esters is 1. The monoisotopic (exact) mass is 213 g/mol. The number of hydrogen-bond acceptors (Lipinski definition) is 3. The molecule has 0 aromatic carbocycles. The first kappa shape index (κ1) is 12.5. The van der Waals surface area contributed by atoms with Gasteiger partial charge in [-0.05, 0) is 18.8 Å². The second-order valence-electron chi connectivity index (χ2n) is 4.51. The van der Waals surface area contributed by atoms with Crippen LogP contribution in [-0.2, 0) is 9.53 Å². The fraction of sp³-hybridized carbons (Fsp3) is 0.917. The van der Waals surface area contributed by atoms with Crippen molar-refractivity contribution in [2.75, 3.05) is 6.61 Å². The fourth-order valence-corrected chi connectivity index (χ4v) is 2.19. The lowest BCUT2D eigenvalue weighted by molar-refractivity contribution is -0.145. The predicted molar refractivity (Wildman–Crippen MR) is 60.4 cm³/mol. The molecular formula is C12H23NO2. The van der Waals surface area contributed by atoms with Crippen LogP contribution in [0.2, 0.25) is 0 Å². The maximum atomic E-state index is 11.4. The van der Waals surface area contributed by atoms with Crippen molar-refractivity contribution < 1.29 is 9.53 Å². The standard InChI is InChI=1S/C12H23NO2/c1-2-8-15-12(14)11(13)9-10-6-4-3-5-7-10/h10-11H,2-9,13H2,1H3/t11-/m0/s1. The minimum Gasteiger partial charge on any atom is -0.465 e. The Bertz CT molecular complexity index is 188. The van der Waals surface area contributed by atoms with Gasteiger partial charge in [0, 0.05) is 0 Å². The quantitative estimate of drug-likeness (QED) is 0.712. The SMILES string of the molecule is CCCOC(=O)[C@@H](N)CC1CCCCC1. The van der Waals surface area contributed by atoms with Gasteiger partial charge in [-0.1, -0.05) is 39.0 Å². The average molecular weight is 213 g/mol. The van der Waals surface area contributed by atoms with Crippen LogP contribution in [0.4, 0.5) is 0 Å². The highest BCUT2D eigenvalue weighted by molar-refractivity contribution is 5.75. The topological polar surface area (TPSA) is 52.3 Å². The molecule has 88 valence electrons. The largest absolute Gasteiger partial charge is 0.465 e. The van der Waals surface area contributed by atoms with Crippen LogP contribution >= 0.6 is 0 Å². The summed E-state index contributed by atoms with van der Waals surface area (Å²) in [5.41, 5.74) is 5.81. The van der Waals surface area contributed by atoms with Crippen molar-refractivity contribution in [2.24, 2.45) is 11.7 Å². The van der Waals surface area contributed by atoms with E-state index in [0.29, 0.717) is 12.5 Å². The molecule has 1 saturated carbocycles. The van der Waals surface area contributed by atoms with Crippen molar-refractivity contribution in [1.82, 2.24) is 0 Å². The van der Waals surface area contributed by atoms with Crippen molar-refractivity contribution in [3.05, 3.63) is 0 Å². The van der Waals surface area contributed by atoms with E-state index in [1.54, 1.807) is 0 Å². The third kappa shape index (κ3) is 4.65. The van der Waals surface area contributed by atoms with E-state index < -0.39 is 6.04 Å². The van der Waals surface area contributed by atoms with Crippen LogP contribution in [0.3, 0.4) is 0 Å². The van der Waals surface area contributed by atoms with Gasteiger partial charge in [0.1, 0.15) is 6.04 Å². The molecule has 3 heteroatoms. The van der Waals surface area contributed by atoms with E-state index in [1.165, 1.54) is 32.1 Å². The van der Waals surface area contributed by atoms with Gasteiger partial charge in [0.05, 0.1) is 6.61 Å². The fourth-order valence-electron chi connectivity index (χ4n) is 2.19. The number of ether oxygens (including phenoxy) is 1. The molecule has 0 bridgehead atoms. The van der Waals surface area contributed by atoms with Crippen molar-refractivity contribution >= 4 is 5.97 Å². The lowest BCUT2D eigenvalue weighted by atomic mass is 9.85. The first-order chi connectivity index (χ1) is 7.24. The van der Waals surface area contributed by atoms with Gasteiger partial charge >= 0.3 is 5.97 Å². The molecule has 0 aliphatic heterocycles. The van der Waals surface area contributed by atoms with Crippen LogP contribution in [0.25, 0.3) is 0 Å². The van der Waals surface area contributed by atoms with Crippen LogP contribution < -0.4 is 5.73 Å². The van der Waals surface area contributed by atoms with Gasteiger partial charge in [-0.2, -0.15) is 0 Å². The van der Waals surface area contributed by atoms with Crippen LogP contribution in [0.1, 0.15) is 51.9 Å². The van der Waals surface area contributed by atoms with Crippen LogP contribution in [-0.4, -0.2) is 18.6 Å². The highest BCUT2D eigenvalue weighted by Gasteiger charge is 2.21. The molecule has 2 N–H and O–H groups in total. The molecule has 0 heterocycles. The van der Waals surface area contributed by atoms with E-state index in [2.05, 4.69) is 0 Å². The highest BCUT2D eigenvalue weighted by Crippen LogP contribution is 2.27. The molecule has 0 spiro atoms. The summed E-state index contributed by atoms with van der Waals surface area (Å²) in [4.78, 5) is 11.4. The molecule has 0 aromatic heterocycles. The summed E-state index contributed by atoms with van der Waals surface area (Å²) in [6, 6.07) is -0.403. The van der Waals surface area contributed by atoms with Crippen molar-refractivity contribution in [3.63, 3.8) is 0 Å².